The van der Waals surface area contributed by atoms with E-state index in [4.69, 9.17) is 10.5 Å². The summed E-state index contributed by atoms with van der Waals surface area (Å²) >= 11 is 0. The molecule has 0 spiro atoms. The smallest absolute Gasteiger partial charge is 0.410 e. The van der Waals surface area contributed by atoms with Gasteiger partial charge in [-0.05, 0) is 33.3 Å². The number of ether oxygens (including phenoxy) is 1. The number of hydrogen-bond acceptors (Lipinski definition) is 5. The van der Waals surface area contributed by atoms with Crippen molar-refractivity contribution in [3.8, 4) is 0 Å². The minimum Gasteiger partial charge on any atom is -0.444 e. The Morgan fingerprint density at radius 3 is 2.50 bits per heavy atom. The lowest BCUT2D eigenvalue weighted by molar-refractivity contribution is 0.0144. The van der Waals surface area contributed by atoms with Crippen molar-refractivity contribution in [2.24, 2.45) is 0 Å². The van der Waals surface area contributed by atoms with E-state index in [9.17, 15) is 4.79 Å². The summed E-state index contributed by atoms with van der Waals surface area (Å²) < 4.78 is 7.27. The van der Waals surface area contributed by atoms with Crippen LogP contribution in [-0.4, -0.2) is 64.0 Å². The van der Waals surface area contributed by atoms with E-state index in [-0.39, 0.29) is 6.09 Å². The number of nitrogen functional groups attached to an aromatic ring is 1. The summed E-state index contributed by atoms with van der Waals surface area (Å²) in [5.41, 5.74) is 5.16. The van der Waals surface area contributed by atoms with Gasteiger partial charge < -0.3 is 15.4 Å². The van der Waals surface area contributed by atoms with E-state index >= 15 is 0 Å². The van der Waals surface area contributed by atoms with Crippen LogP contribution < -0.4 is 5.73 Å². The van der Waals surface area contributed by atoms with E-state index in [0.717, 1.165) is 45.7 Å². The number of nitrogens with two attached hydrogens (primary N) is 1. The highest BCUT2D eigenvalue weighted by Crippen LogP contribution is 2.12. The average molecular weight is 309 g/mol. The summed E-state index contributed by atoms with van der Waals surface area (Å²) in [7, 11) is 0. The lowest BCUT2D eigenvalue weighted by atomic mass is 10.2. The summed E-state index contributed by atoms with van der Waals surface area (Å²) in [5.74, 6) is 0.561. The zero-order chi connectivity index (χ0) is 16.2. The number of anilines is 1. The van der Waals surface area contributed by atoms with Crippen LogP contribution in [0.3, 0.4) is 0 Å². The van der Waals surface area contributed by atoms with Gasteiger partial charge in [0, 0.05) is 45.5 Å². The van der Waals surface area contributed by atoms with Gasteiger partial charge in [-0.25, -0.2) is 4.79 Å². The zero-order valence-corrected chi connectivity index (χ0v) is 13.8. The van der Waals surface area contributed by atoms with Crippen molar-refractivity contribution in [2.45, 2.75) is 39.3 Å². The minimum absolute atomic E-state index is 0.209. The molecule has 1 aliphatic rings. The highest BCUT2D eigenvalue weighted by atomic mass is 16.6. The van der Waals surface area contributed by atoms with Gasteiger partial charge in [-0.15, -0.1) is 0 Å². The van der Waals surface area contributed by atoms with Crippen molar-refractivity contribution < 1.29 is 9.53 Å². The molecule has 0 aliphatic carbocycles. The molecule has 0 unspecified atom stereocenters. The SMILES string of the molecule is CC(C)(C)OC(=O)N1CCN(CCCn2ccc(N)n2)CC1. The van der Waals surface area contributed by atoms with Crippen LogP contribution in [0.5, 0.6) is 0 Å². The van der Waals surface area contributed by atoms with Crippen LogP contribution in [0.4, 0.5) is 10.6 Å². The van der Waals surface area contributed by atoms with Crippen molar-refractivity contribution in [3.05, 3.63) is 12.3 Å². The molecule has 1 amide bonds. The second-order valence-electron chi connectivity index (χ2n) is 6.67. The highest BCUT2D eigenvalue weighted by Gasteiger charge is 2.25. The number of carbonyl (C=O) groups is 1. The van der Waals surface area contributed by atoms with E-state index in [1.165, 1.54) is 0 Å². The number of carbonyl (C=O) groups excluding carboxylic acids is 1. The Hall–Kier alpha value is -1.76. The standard InChI is InChI=1S/C15H27N5O2/c1-15(2,3)22-14(21)19-11-9-18(10-12-19)6-4-7-20-8-5-13(16)17-20/h5,8H,4,6-7,9-12H2,1-3H3,(H2,16,17). The Balaban J connectivity index is 1.65. The number of amides is 1. The number of rotatable bonds is 4. The molecule has 2 heterocycles. The van der Waals surface area contributed by atoms with Gasteiger partial charge in [0.2, 0.25) is 0 Å². The van der Waals surface area contributed by atoms with Crippen LogP contribution in [0.15, 0.2) is 12.3 Å². The molecule has 1 aromatic heterocycles. The van der Waals surface area contributed by atoms with E-state index in [2.05, 4.69) is 10.00 Å². The predicted molar refractivity (Wildman–Crippen MR) is 85.5 cm³/mol. The number of aromatic nitrogens is 2. The molecule has 1 aliphatic heterocycles. The summed E-state index contributed by atoms with van der Waals surface area (Å²) in [4.78, 5) is 16.1. The Morgan fingerprint density at radius 1 is 1.27 bits per heavy atom. The van der Waals surface area contributed by atoms with Gasteiger partial charge in [0.25, 0.3) is 0 Å². The molecule has 0 radical (unpaired) electrons. The Labute approximate surface area is 132 Å². The zero-order valence-electron chi connectivity index (χ0n) is 13.8. The first-order chi connectivity index (χ1) is 10.3. The van der Waals surface area contributed by atoms with Crippen LogP contribution in [0.1, 0.15) is 27.2 Å². The Bertz CT molecular complexity index is 486. The van der Waals surface area contributed by atoms with Gasteiger partial charge in [-0.2, -0.15) is 5.10 Å². The number of hydrogen-bond donors (Lipinski definition) is 1. The normalized spacial score (nSPS) is 16.8. The van der Waals surface area contributed by atoms with Gasteiger partial charge in [0.1, 0.15) is 11.4 Å². The first-order valence-corrected chi connectivity index (χ1v) is 7.83. The second-order valence-corrected chi connectivity index (χ2v) is 6.67. The molecule has 0 atom stereocenters. The van der Waals surface area contributed by atoms with Gasteiger partial charge in [0.15, 0.2) is 0 Å². The molecule has 2 rings (SSSR count). The van der Waals surface area contributed by atoms with Crippen LogP contribution >= 0.6 is 0 Å². The van der Waals surface area contributed by atoms with E-state index in [1.807, 2.05) is 31.6 Å². The fourth-order valence-corrected chi connectivity index (χ4v) is 2.44. The molecule has 0 saturated carbocycles. The fraction of sp³-hybridized carbons (Fsp3) is 0.733. The monoisotopic (exact) mass is 309 g/mol. The summed E-state index contributed by atoms with van der Waals surface area (Å²) in [5, 5.41) is 4.17. The van der Waals surface area contributed by atoms with Crippen molar-refractivity contribution in [2.75, 3.05) is 38.5 Å². The van der Waals surface area contributed by atoms with Crippen LogP contribution in [0, 0.1) is 0 Å². The topological polar surface area (TPSA) is 76.6 Å². The molecule has 1 fully saturated rings. The van der Waals surface area contributed by atoms with E-state index in [0.29, 0.717) is 5.82 Å². The van der Waals surface area contributed by atoms with Crippen molar-refractivity contribution in [3.63, 3.8) is 0 Å². The fourth-order valence-electron chi connectivity index (χ4n) is 2.44. The molecule has 1 aromatic rings. The largest absolute Gasteiger partial charge is 0.444 e. The third-order valence-electron chi connectivity index (χ3n) is 3.55. The molecular weight excluding hydrogens is 282 g/mol. The molecule has 2 N–H and O–H groups in total. The molecule has 0 bridgehead atoms. The Morgan fingerprint density at radius 2 is 1.95 bits per heavy atom. The first-order valence-electron chi connectivity index (χ1n) is 7.83. The molecular formula is C15H27N5O2. The van der Waals surface area contributed by atoms with Crippen molar-refractivity contribution >= 4 is 11.9 Å². The third-order valence-corrected chi connectivity index (χ3v) is 3.55. The van der Waals surface area contributed by atoms with Crippen LogP contribution in [-0.2, 0) is 11.3 Å². The van der Waals surface area contributed by atoms with Crippen molar-refractivity contribution in [1.29, 1.82) is 0 Å². The van der Waals surface area contributed by atoms with Gasteiger partial charge in [-0.1, -0.05) is 0 Å². The first kappa shape index (κ1) is 16.6. The van der Waals surface area contributed by atoms with Gasteiger partial charge >= 0.3 is 6.09 Å². The van der Waals surface area contributed by atoms with Gasteiger partial charge in [-0.3, -0.25) is 9.58 Å². The highest BCUT2D eigenvalue weighted by molar-refractivity contribution is 5.68. The maximum atomic E-state index is 12.0. The summed E-state index contributed by atoms with van der Waals surface area (Å²) in [6.45, 7) is 10.8. The second kappa shape index (κ2) is 7.00. The summed E-state index contributed by atoms with van der Waals surface area (Å²) in [6, 6.07) is 1.81. The number of nitrogens with zero attached hydrogens (tertiary/aromatic N) is 4. The molecule has 7 nitrogen and oxygen atoms in total. The molecule has 1 saturated heterocycles. The molecule has 22 heavy (non-hydrogen) atoms. The quantitative estimate of drug-likeness (QED) is 0.910. The third kappa shape index (κ3) is 5.22. The molecule has 0 aromatic carbocycles. The average Bonchev–Trinajstić information content (AvgIpc) is 2.83. The van der Waals surface area contributed by atoms with E-state index in [1.54, 1.807) is 11.0 Å². The Kier molecular flexibility index (Phi) is 5.28. The maximum Gasteiger partial charge on any atom is 0.410 e. The lowest BCUT2D eigenvalue weighted by Crippen LogP contribution is -2.50. The van der Waals surface area contributed by atoms with E-state index < -0.39 is 5.60 Å². The predicted octanol–water partition coefficient (Wildman–Crippen LogP) is 1.41. The number of piperazine rings is 1. The van der Waals surface area contributed by atoms with Crippen molar-refractivity contribution in [1.82, 2.24) is 19.6 Å². The number of aryl methyl sites for hydroxylation is 1. The van der Waals surface area contributed by atoms with Crippen LogP contribution in [0.25, 0.3) is 0 Å². The maximum absolute atomic E-state index is 12.0. The molecule has 124 valence electrons. The molecule has 7 heteroatoms. The van der Waals surface area contributed by atoms with Crippen LogP contribution in [0.2, 0.25) is 0 Å². The van der Waals surface area contributed by atoms with Gasteiger partial charge in [0.05, 0.1) is 0 Å². The lowest BCUT2D eigenvalue weighted by Gasteiger charge is -2.35. The summed E-state index contributed by atoms with van der Waals surface area (Å²) in [6.07, 6.45) is 2.71. The minimum atomic E-state index is -0.431.